The van der Waals surface area contributed by atoms with Crippen molar-refractivity contribution >= 4 is 12.0 Å². The third kappa shape index (κ3) is 7.52. The fraction of sp³-hybridized carbons (Fsp3) is 0.700. The summed E-state index contributed by atoms with van der Waals surface area (Å²) >= 11 is 0. The van der Waals surface area contributed by atoms with Crippen LogP contribution in [0.15, 0.2) is 24.3 Å². The van der Waals surface area contributed by atoms with Crippen molar-refractivity contribution in [2.24, 2.45) is 11.8 Å². The molecule has 4 aliphatic rings. The summed E-state index contributed by atoms with van der Waals surface area (Å²) in [7, 11) is 0. The topological polar surface area (TPSA) is 88.9 Å². The molecule has 3 heterocycles. The van der Waals surface area contributed by atoms with Gasteiger partial charge in [0.05, 0.1) is 24.7 Å². The van der Waals surface area contributed by atoms with Gasteiger partial charge < -0.3 is 15.0 Å². The van der Waals surface area contributed by atoms with Crippen molar-refractivity contribution in [2.45, 2.75) is 75.7 Å². The number of hydrogen-bond donors (Lipinski definition) is 1. The zero-order valence-corrected chi connectivity index (χ0v) is 23.5. The molecule has 3 saturated heterocycles. The normalized spacial score (nSPS) is 26.1. The monoisotopic (exact) mass is 575 g/mol. The van der Waals surface area contributed by atoms with E-state index in [1.54, 1.807) is 0 Å². The molecule has 1 spiro atoms. The van der Waals surface area contributed by atoms with E-state index >= 15 is 0 Å². The quantitative estimate of drug-likeness (QED) is 0.485. The van der Waals surface area contributed by atoms with E-state index in [4.69, 9.17) is 10.00 Å². The van der Waals surface area contributed by atoms with Crippen LogP contribution in [0.2, 0.25) is 0 Å². The van der Waals surface area contributed by atoms with E-state index in [0.29, 0.717) is 44.9 Å². The Morgan fingerprint density at radius 1 is 1.00 bits per heavy atom. The Morgan fingerprint density at radius 2 is 1.66 bits per heavy atom. The molecular weight excluding hydrogens is 535 g/mol. The second-order valence-corrected chi connectivity index (χ2v) is 12.3. The van der Waals surface area contributed by atoms with E-state index in [0.717, 1.165) is 82.4 Å². The lowest BCUT2D eigenvalue weighted by Crippen LogP contribution is -2.47. The summed E-state index contributed by atoms with van der Waals surface area (Å²) in [6.07, 6.45) is 2.07. The zero-order chi connectivity index (χ0) is 29.0. The highest BCUT2D eigenvalue weighted by Gasteiger charge is 2.47. The second kappa shape index (κ2) is 12.6. The molecule has 0 bridgehead atoms. The van der Waals surface area contributed by atoms with Gasteiger partial charge in [0.25, 0.3) is 0 Å². The van der Waals surface area contributed by atoms with Crippen molar-refractivity contribution in [3.63, 3.8) is 0 Å². The number of nitriles is 1. The lowest BCUT2D eigenvalue weighted by molar-refractivity contribution is -0.137. The number of nitrogens with zero attached hydrogens (tertiary/aromatic N) is 4. The largest absolute Gasteiger partial charge is 0.441 e. The van der Waals surface area contributed by atoms with Gasteiger partial charge in [-0.1, -0.05) is 12.1 Å². The summed E-state index contributed by atoms with van der Waals surface area (Å²) < 4.78 is 44.4. The molecule has 1 aromatic carbocycles. The Labute approximate surface area is 239 Å². The van der Waals surface area contributed by atoms with E-state index in [1.165, 1.54) is 12.1 Å². The summed E-state index contributed by atoms with van der Waals surface area (Å²) in [6.45, 7) is 5.38. The molecule has 1 saturated carbocycles. The van der Waals surface area contributed by atoms with Gasteiger partial charge in [-0.25, -0.2) is 4.79 Å². The first-order valence-electron chi connectivity index (χ1n) is 14.9. The number of amides is 2. The standard InChI is InChI=1S/C30H40F3N5O3/c31-30(32,33)25-7-3-22(4-8-25)19-37-16-11-29(12-17-37)21-38(28(40)41-29)20-23-1-5-24(6-2-23)27(39)35-26-9-14-36(15-10-26)18-13-34/h3-4,7-8,23-24,26H,1-2,5-6,9-12,14-21H2,(H,35,39). The van der Waals surface area contributed by atoms with Crippen molar-refractivity contribution in [1.29, 1.82) is 5.26 Å². The molecule has 1 N–H and O–H groups in total. The Kier molecular flexibility index (Phi) is 9.09. The van der Waals surface area contributed by atoms with Gasteiger partial charge in [-0.2, -0.15) is 18.4 Å². The average Bonchev–Trinajstić information content (AvgIpc) is 3.25. The first-order chi connectivity index (χ1) is 19.6. The van der Waals surface area contributed by atoms with E-state index < -0.39 is 17.3 Å². The molecule has 0 atom stereocenters. The van der Waals surface area contributed by atoms with Crippen LogP contribution in [0.3, 0.4) is 0 Å². The minimum absolute atomic E-state index is 0.0225. The highest BCUT2D eigenvalue weighted by atomic mass is 19.4. The van der Waals surface area contributed by atoms with Crippen LogP contribution in [-0.4, -0.2) is 84.2 Å². The van der Waals surface area contributed by atoms with Gasteiger partial charge in [-0.15, -0.1) is 0 Å². The summed E-state index contributed by atoms with van der Waals surface area (Å²) in [6, 6.07) is 7.69. The number of piperidine rings is 2. The molecule has 0 unspecified atom stereocenters. The maximum Gasteiger partial charge on any atom is 0.416 e. The van der Waals surface area contributed by atoms with Gasteiger partial charge in [0.15, 0.2) is 0 Å². The molecule has 11 heteroatoms. The number of ether oxygens (including phenoxy) is 1. The van der Waals surface area contributed by atoms with Gasteiger partial charge in [0, 0.05) is 64.1 Å². The van der Waals surface area contributed by atoms with Gasteiger partial charge in [0.1, 0.15) is 5.60 Å². The SMILES string of the molecule is N#CCN1CCC(NC(=O)C2CCC(CN3CC4(CCN(Cc5ccc(C(F)(F)F)cc5)CC4)OC3=O)CC2)CC1. The van der Waals surface area contributed by atoms with E-state index in [9.17, 15) is 22.8 Å². The zero-order valence-electron chi connectivity index (χ0n) is 23.5. The van der Waals surface area contributed by atoms with Crippen LogP contribution in [-0.2, 0) is 22.3 Å². The minimum Gasteiger partial charge on any atom is -0.441 e. The number of rotatable bonds is 7. The summed E-state index contributed by atoms with van der Waals surface area (Å²) in [5.41, 5.74) is -0.296. The van der Waals surface area contributed by atoms with Crippen LogP contribution in [0, 0.1) is 23.2 Å². The Balaban J connectivity index is 1.02. The molecular formula is C30H40F3N5O3. The number of nitrogens with one attached hydrogen (secondary N) is 1. The van der Waals surface area contributed by atoms with Gasteiger partial charge in [-0.3, -0.25) is 14.6 Å². The Hall–Kier alpha value is -2.84. The molecule has 1 aromatic rings. The van der Waals surface area contributed by atoms with Gasteiger partial charge in [0.2, 0.25) is 5.91 Å². The van der Waals surface area contributed by atoms with E-state index in [2.05, 4.69) is 21.2 Å². The molecule has 8 nitrogen and oxygen atoms in total. The van der Waals surface area contributed by atoms with Crippen molar-refractivity contribution in [3.8, 4) is 6.07 Å². The number of likely N-dealkylation sites (tertiary alicyclic amines) is 2. The van der Waals surface area contributed by atoms with Crippen molar-refractivity contribution < 1.29 is 27.5 Å². The summed E-state index contributed by atoms with van der Waals surface area (Å²) in [4.78, 5) is 31.8. The molecule has 1 aliphatic carbocycles. The second-order valence-electron chi connectivity index (χ2n) is 12.3. The predicted octanol–water partition coefficient (Wildman–Crippen LogP) is 4.40. The fourth-order valence-electron chi connectivity index (χ4n) is 6.84. The molecule has 0 aromatic heterocycles. The number of alkyl halides is 3. The first kappa shape index (κ1) is 29.6. The van der Waals surface area contributed by atoms with Crippen molar-refractivity contribution in [1.82, 2.24) is 20.0 Å². The predicted molar refractivity (Wildman–Crippen MR) is 145 cm³/mol. The van der Waals surface area contributed by atoms with E-state index in [1.807, 2.05) is 4.90 Å². The average molecular weight is 576 g/mol. The Morgan fingerprint density at radius 3 is 2.27 bits per heavy atom. The van der Waals surface area contributed by atoms with Gasteiger partial charge in [-0.05, 0) is 62.1 Å². The highest BCUT2D eigenvalue weighted by Crippen LogP contribution is 2.37. The third-order valence-electron chi connectivity index (χ3n) is 9.42. The molecule has 224 valence electrons. The first-order valence-corrected chi connectivity index (χ1v) is 14.9. The van der Waals surface area contributed by atoms with Crippen LogP contribution in [0.4, 0.5) is 18.0 Å². The van der Waals surface area contributed by atoms with Crippen LogP contribution in [0.5, 0.6) is 0 Å². The third-order valence-corrected chi connectivity index (χ3v) is 9.42. The van der Waals surface area contributed by atoms with Crippen LogP contribution >= 0.6 is 0 Å². The smallest absolute Gasteiger partial charge is 0.416 e. The van der Waals surface area contributed by atoms with Crippen molar-refractivity contribution in [3.05, 3.63) is 35.4 Å². The molecule has 0 radical (unpaired) electrons. The van der Waals surface area contributed by atoms with Crippen LogP contribution < -0.4 is 5.32 Å². The molecule has 2 amide bonds. The van der Waals surface area contributed by atoms with Crippen LogP contribution in [0.25, 0.3) is 0 Å². The number of carbonyl (C=O) groups excluding carboxylic acids is 2. The molecule has 4 fully saturated rings. The van der Waals surface area contributed by atoms with Crippen LogP contribution in [0.1, 0.15) is 62.5 Å². The Bertz CT molecular complexity index is 1100. The van der Waals surface area contributed by atoms with E-state index in [-0.39, 0.29) is 24.0 Å². The number of hydrogen-bond acceptors (Lipinski definition) is 6. The molecule has 41 heavy (non-hydrogen) atoms. The highest BCUT2D eigenvalue weighted by molar-refractivity contribution is 5.79. The fourth-order valence-corrected chi connectivity index (χ4v) is 6.84. The van der Waals surface area contributed by atoms with Crippen molar-refractivity contribution in [2.75, 3.05) is 45.8 Å². The number of benzene rings is 1. The summed E-state index contributed by atoms with van der Waals surface area (Å²) in [5, 5.41) is 12.1. The molecule has 3 aliphatic heterocycles. The lowest BCUT2D eigenvalue weighted by Gasteiger charge is -2.37. The number of carbonyl (C=O) groups is 2. The number of halogens is 3. The van der Waals surface area contributed by atoms with Gasteiger partial charge >= 0.3 is 12.3 Å². The maximum absolute atomic E-state index is 12.9. The minimum atomic E-state index is -4.33. The summed E-state index contributed by atoms with van der Waals surface area (Å²) in [5.74, 6) is 0.523. The molecule has 5 rings (SSSR count). The maximum atomic E-state index is 12.9. The lowest BCUT2D eigenvalue weighted by atomic mass is 9.81.